The van der Waals surface area contributed by atoms with Crippen molar-refractivity contribution in [3.8, 4) is 11.3 Å². The number of fused-ring (bicyclic) bond motifs is 1. The minimum absolute atomic E-state index is 0.0686. The Bertz CT molecular complexity index is 1220. The molecule has 0 N–H and O–H groups in total. The number of rotatable bonds is 7. The zero-order valence-electron chi connectivity index (χ0n) is 17.9. The van der Waals surface area contributed by atoms with Crippen LogP contribution in [0.1, 0.15) is 31.2 Å². The SMILES string of the molecule is CCc1cc(-c2cnc3ccc(C(F)F)nn23)cc(N2CCO[C@H](CCS(C)(=O)=O)C2)n1. The first-order valence-corrected chi connectivity index (χ1v) is 12.5. The molecular weight excluding hydrogens is 440 g/mol. The summed E-state index contributed by atoms with van der Waals surface area (Å²) >= 11 is 0. The van der Waals surface area contributed by atoms with Crippen molar-refractivity contribution in [2.24, 2.45) is 0 Å². The summed E-state index contributed by atoms with van der Waals surface area (Å²) in [7, 11) is -3.07. The number of pyridine rings is 1. The Kier molecular flexibility index (Phi) is 6.38. The van der Waals surface area contributed by atoms with E-state index in [1.54, 1.807) is 6.20 Å². The van der Waals surface area contributed by atoms with Crippen LogP contribution in [0.4, 0.5) is 14.6 Å². The van der Waals surface area contributed by atoms with Gasteiger partial charge >= 0.3 is 0 Å². The molecule has 0 radical (unpaired) electrons. The zero-order chi connectivity index (χ0) is 22.9. The lowest BCUT2D eigenvalue weighted by molar-refractivity contribution is 0.0386. The highest BCUT2D eigenvalue weighted by molar-refractivity contribution is 7.90. The number of morpholine rings is 1. The molecule has 0 saturated carbocycles. The maximum Gasteiger partial charge on any atom is 0.282 e. The Morgan fingerprint density at radius 2 is 2.09 bits per heavy atom. The molecule has 4 rings (SSSR count). The molecule has 3 aromatic rings. The summed E-state index contributed by atoms with van der Waals surface area (Å²) in [5, 5.41) is 4.06. The van der Waals surface area contributed by atoms with E-state index in [-0.39, 0.29) is 17.6 Å². The first kappa shape index (κ1) is 22.5. The van der Waals surface area contributed by atoms with E-state index in [1.807, 2.05) is 19.1 Å². The number of alkyl halides is 2. The lowest BCUT2D eigenvalue weighted by Crippen LogP contribution is -2.43. The van der Waals surface area contributed by atoms with Crippen LogP contribution in [0.25, 0.3) is 16.9 Å². The van der Waals surface area contributed by atoms with E-state index in [2.05, 4.69) is 15.0 Å². The third kappa shape index (κ3) is 5.04. The quantitative estimate of drug-likeness (QED) is 0.530. The van der Waals surface area contributed by atoms with Crippen molar-refractivity contribution in [1.82, 2.24) is 19.6 Å². The van der Waals surface area contributed by atoms with Crippen LogP contribution in [0.3, 0.4) is 0 Å². The summed E-state index contributed by atoms with van der Waals surface area (Å²) in [6.07, 6.45) is 1.06. The first-order valence-electron chi connectivity index (χ1n) is 10.4. The number of imidazole rings is 1. The Balaban J connectivity index is 1.66. The zero-order valence-corrected chi connectivity index (χ0v) is 18.7. The number of aryl methyl sites for hydroxylation is 1. The van der Waals surface area contributed by atoms with Gasteiger partial charge in [0.05, 0.1) is 30.4 Å². The van der Waals surface area contributed by atoms with E-state index >= 15 is 0 Å². The third-order valence-corrected chi connectivity index (χ3v) is 6.38. The molecule has 3 aromatic heterocycles. The van der Waals surface area contributed by atoms with Crippen molar-refractivity contribution < 1.29 is 21.9 Å². The monoisotopic (exact) mass is 465 g/mol. The van der Waals surface area contributed by atoms with Crippen molar-refractivity contribution in [2.45, 2.75) is 32.3 Å². The fourth-order valence-corrected chi connectivity index (χ4v) is 4.40. The molecule has 1 fully saturated rings. The number of hydrogen-bond donors (Lipinski definition) is 0. The summed E-state index contributed by atoms with van der Waals surface area (Å²) in [6.45, 7) is 3.61. The van der Waals surface area contributed by atoms with Crippen LogP contribution < -0.4 is 4.90 Å². The van der Waals surface area contributed by atoms with Crippen LogP contribution in [0.5, 0.6) is 0 Å². The minimum Gasteiger partial charge on any atom is -0.375 e. The normalized spacial score (nSPS) is 17.4. The molecule has 1 aliphatic heterocycles. The summed E-state index contributed by atoms with van der Waals surface area (Å²) in [5.41, 5.74) is 2.38. The average molecular weight is 466 g/mol. The lowest BCUT2D eigenvalue weighted by atomic mass is 10.1. The van der Waals surface area contributed by atoms with Gasteiger partial charge in [0.15, 0.2) is 5.65 Å². The van der Waals surface area contributed by atoms with E-state index in [9.17, 15) is 17.2 Å². The second kappa shape index (κ2) is 9.07. The topological polar surface area (TPSA) is 89.7 Å². The van der Waals surface area contributed by atoms with E-state index < -0.39 is 16.3 Å². The molecule has 0 amide bonds. The average Bonchev–Trinajstić information content (AvgIpc) is 3.20. The number of anilines is 1. The second-order valence-corrected chi connectivity index (χ2v) is 10.1. The molecule has 8 nitrogen and oxygen atoms in total. The van der Waals surface area contributed by atoms with Gasteiger partial charge in [0.1, 0.15) is 21.3 Å². The van der Waals surface area contributed by atoms with Gasteiger partial charge in [-0.1, -0.05) is 6.92 Å². The molecule has 0 aromatic carbocycles. The summed E-state index contributed by atoms with van der Waals surface area (Å²) in [6, 6.07) is 6.59. The van der Waals surface area contributed by atoms with E-state index in [0.29, 0.717) is 43.9 Å². The Hall–Kier alpha value is -2.66. The third-order valence-electron chi connectivity index (χ3n) is 5.40. The molecule has 1 saturated heterocycles. The molecule has 0 bridgehead atoms. The smallest absolute Gasteiger partial charge is 0.282 e. The Labute approximate surface area is 185 Å². The maximum absolute atomic E-state index is 13.2. The highest BCUT2D eigenvalue weighted by Crippen LogP contribution is 2.28. The van der Waals surface area contributed by atoms with E-state index in [4.69, 9.17) is 9.72 Å². The fourth-order valence-electron chi connectivity index (χ4n) is 3.71. The van der Waals surface area contributed by atoms with Crippen molar-refractivity contribution in [3.63, 3.8) is 0 Å². The van der Waals surface area contributed by atoms with Gasteiger partial charge in [0, 0.05) is 30.6 Å². The van der Waals surface area contributed by atoms with Gasteiger partial charge in [-0.2, -0.15) is 5.10 Å². The molecular formula is C21H25F2N5O3S. The van der Waals surface area contributed by atoms with Crippen LogP contribution in [0.15, 0.2) is 30.5 Å². The second-order valence-electron chi connectivity index (χ2n) is 7.89. The highest BCUT2D eigenvalue weighted by atomic mass is 32.2. The van der Waals surface area contributed by atoms with Gasteiger partial charge < -0.3 is 9.64 Å². The molecule has 0 spiro atoms. The molecule has 172 valence electrons. The van der Waals surface area contributed by atoms with Crippen molar-refractivity contribution >= 4 is 21.3 Å². The van der Waals surface area contributed by atoms with Gasteiger partial charge in [-0.05, 0) is 37.1 Å². The van der Waals surface area contributed by atoms with Gasteiger partial charge in [-0.15, -0.1) is 0 Å². The van der Waals surface area contributed by atoms with Crippen LogP contribution in [0.2, 0.25) is 0 Å². The molecule has 0 aliphatic carbocycles. The van der Waals surface area contributed by atoms with Gasteiger partial charge in [0.2, 0.25) is 0 Å². The standard InChI is InChI=1S/C21H25F2N5O3S/c1-3-15-10-14(18-12-24-19-5-4-17(21(22)23)26-28(18)19)11-20(25-15)27-7-8-31-16(13-27)6-9-32(2,29)30/h4-5,10-12,16,21H,3,6-9,13H2,1-2H3/t16-/m1/s1. The van der Waals surface area contributed by atoms with Crippen LogP contribution in [-0.4, -0.2) is 65.8 Å². The van der Waals surface area contributed by atoms with E-state index in [1.165, 1.54) is 22.9 Å². The number of ether oxygens (including phenoxy) is 1. The number of hydrogen-bond acceptors (Lipinski definition) is 7. The number of nitrogens with zero attached hydrogens (tertiary/aromatic N) is 5. The van der Waals surface area contributed by atoms with E-state index in [0.717, 1.165) is 17.1 Å². The van der Waals surface area contributed by atoms with Gasteiger partial charge in [-0.25, -0.2) is 31.7 Å². The molecule has 11 heteroatoms. The molecule has 32 heavy (non-hydrogen) atoms. The molecule has 1 aliphatic rings. The molecule has 4 heterocycles. The van der Waals surface area contributed by atoms with Crippen molar-refractivity contribution in [2.75, 3.05) is 36.6 Å². The minimum atomic E-state index is -3.07. The maximum atomic E-state index is 13.2. The number of halogens is 2. The predicted molar refractivity (Wildman–Crippen MR) is 117 cm³/mol. The van der Waals surface area contributed by atoms with Gasteiger partial charge in [-0.3, -0.25) is 0 Å². The summed E-state index contributed by atoms with van der Waals surface area (Å²) < 4.78 is 56.5. The molecule has 1 atom stereocenters. The van der Waals surface area contributed by atoms with Crippen LogP contribution in [0, 0.1) is 0 Å². The Morgan fingerprint density at radius 3 is 2.81 bits per heavy atom. The highest BCUT2D eigenvalue weighted by Gasteiger charge is 2.24. The lowest BCUT2D eigenvalue weighted by Gasteiger charge is -2.34. The first-order chi connectivity index (χ1) is 15.2. The number of sulfone groups is 1. The number of aromatic nitrogens is 4. The molecule has 0 unspecified atom stereocenters. The Morgan fingerprint density at radius 1 is 1.28 bits per heavy atom. The van der Waals surface area contributed by atoms with Crippen molar-refractivity contribution in [1.29, 1.82) is 0 Å². The van der Waals surface area contributed by atoms with Crippen LogP contribution >= 0.6 is 0 Å². The van der Waals surface area contributed by atoms with Gasteiger partial charge in [0.25, 0.3) is 6.43 Å². The van der Waals surface area contributed by atoms with Crippen molar-refractivity contribution in [3.05, 3.63) is 41.9 Å². The summed E-state index contributed by atoms with van der Waals surface area (Å²) in [4.78, 5) is 11.1. The largest absolute Gasteiger partial charge is 0.375 e. The fraction of sp³-hybridized carbons (Fsp3) is 0.476. The van der Waals surface area contributed by atoms with Crippen LogP contribution in [-0.2, 0) is 21.0 Å². The summed E-state index contributed by atoms with van der Waals surface area (Å²) in [5.74, 6) is 0.797. The predicted octanol–water partition coefficient (Wildman–Crippen LogP) is 2.93.